The Morgan fingerprint density at radius 2 is 2.18 bits per heavy atom. The van der Waals surface area contributed by atoms with Crippen LogP contribution in [0.3, 0.4) is 0 Å². The van der Waals surface area contributed by atoms with Gasteiger partial charge in [-0.1, -0.05) is 13.8 Å². The van der Waals surface area contributed by atoms with Crippen LogP contribution in [-0.4, -0.2) is 24.0 Å². The first-order valence-corrected chi connectivity index (χ1v) is 5.04. The molecule has 0 bridgehead atoms. The molecule has 0 N–H and O–H groups in total. The van der Waals surface area contributed by atoms with E-state index in [0.29, 0.717) is 5.56 Å². The van der Waals surface area contributed by atoms with Gasteiger partial charge < -0.3 is 14.6 Å². The monoisotopic (exact) mass is 244 g/mol. The number of carboxylic acids is 1. The summed E-state index contributed by atoms with van der Waals surface area (Å²) in [7, 11) is 0. The minimum atomic E-state index is -2.60. The van der Waals surface area contributed by atoms with E-state index in [-0.39, 0.29) is 17.4 Å². The Labute approximate surface area is 97.2 Å². The molecule has 0 fully saturated rings. The second-order valence-corrected chi connectivity index (χ2v) is 3.76. The number of aromatic nitrogens is 1. The number of hydrogen-bond donors (Lipinski definition) is 0. The van der Waals surface area contributed by atoms with Crippen LogP contribution >= 0.6 is 0 Å². The normalized spacial score (nSPS) is 10.9. The first kappa shape index (κ1) is 13.3. The summed E-state index contributed by atoms with van der Waals surface area (Å²) in [6.45, 7) is 2.80. The average Bonchev–Trinajstić information content (AvgIpc) is 2.25. The largest absolute Gasteiger partial charge is 0.545 e. The smallest absolute Gasteiger partial charge is 0.272 e. The second kappa shape index (κ2) is 5.56. The van der Waals surface area contributed by atoms with Crippen molar-refractivity contribution in [3.8, 4) is 5.88 Å². The number of carbonyl (C=O) groups excluding carboxylic acids is 1. The quantitative estimate of drug-likeness (QED) is 0.781. The van der Waals surface area contributed by atoms with Gasteiger partial charge in [0.15, 0.2) is 6.61 Å². The van der Waals surface area contributed by atoms with Gasteiger partial charge in [-0.25, -0.2) is 13.8 Å². The first-order chi connectivity index (χ1) is 7.91. The molecule has 1 aromatic rings. The number of ether oxygens (including phenoxy) is 1. The van der Waals surface area contributed by atoms with Gasteiger partial charge in [0.25, 0.3) is 6.43 Å². The highest BCUT2D eigenvalue weighted by atomic mass is 19.3. The van der Waals surface area contributed by atoms with Crippen LogP contribution in [0.5, 0.6) is 5.88 Å². The standard InChI is InChI=1S/C11H13F2NO3/c1-6(2)8-3-7(11(15)16)4-14-10(8)17-5-9(12)13/h3-4,6,9H,5H2,1-2H3,(H,15,16)/p-1. The molecule has 1 rings (SSSR count). The zero-order valence-electron chi connectivity index (χ0n) is 9.44. The van der Waals surface area contributed by atoms with Gasteiger partial charge in [-0.15, -0.1) is 0 Å². The SMILES string of the molecule is CC(C)c1cc(C(=O)[O-])cnc1OCC(F)F. The third kappa shape index (κ3) is 3.65. The lowest BCUT2D eigenvalue weighted by molar-refractivity contribution is -0.255. The molecule has 0 aliphatic rings. The maximum absolute atomic E-state index is 12.0. The van der Waals surface area contributed by atoms with Crippen molar-refractivity contribution in [1.82, 2.24) is 4.98 Å². The van der Waals surface area contributed by atoms with Gasteiger partial charge in [0.05, 0.1) is 5.97 Å². The van der Waals surface area contributed by atoms with Gasteiger partial charge in [0, 0.05) is 17.3 Å². The third-order valence-electron chi connectivity index (χ3n) is 2.08. The topological polar surface area (TPSA) is 62.2 Å². The molecule has 1 heterocycles. The van der Waals surface area contributed by atoms with Gasteiger partial charge in [-0.2, -0.15) is 0 Å². The summed E-state index contributed by atoms with van der Waals surface area (Å²) in [6, 6.07) is 1.33. The van der Waals surface area contributed by atoms with E-state index in [1.165, 1.54) is 6.07 Å². The van der Waals surface area contributed by atoms with Crippen molar-refractivity contribution in [2.45, 2.75) is 26.2 Å². The summed E-state index contributed by atoms with van der Waals surface area (Å²) in [5.41, 5.74) is 0.366. The van der Waals surface area contributed by atoms with E-state index in [1.807, 2.05) is 0 Å². The molecule has 0 amide bonds. The number of halogens is 2. The maximum atomic E-state index is 12.0. The molecule has 0 aromatic carbocycles. The van der Waals surface area contributed by atoms with Gasteiger partial charge in [0.2, 0.25) is 5.88 Å². The molecule has 0 aliphatic carbocycles. The van der Waals surface area contributed by atoms with Crippen molar-refractivity contribution >= 4 is 5.97 Å². The van der Waals surface area contributed by atoms with Crippen LogP contribution in [0.4, 0.5) is 8.78 Å². The first-order valence-electron chi connectivity index (χ1n) is 5.04. The minimum absolute atomic E-state index is 0.0327. The van der Waals surface area contributed by atoms with Crippen LogP contribution in [0, 0.1) is 0 Å². The summed E-state index contributed by atoms with van der Waals surface area (Å²) in [6.07, 6.45) is -1.57. The molecular weight excluding hydrogens is 232 g/mol. The Kier molecular flexibility index (Phi) is 4.37. The minimum Gasteiger partial charge on any atom is -0.545 e. The van der Waals surface area contributed by atoms with Crippen molar-refractivity contribution < 1.29 is 23.4 Å². The fraction of sp³-hybridized carbons (Fsp3) is 0.455. The fourth-order valence-electron chi connectivity index (χ4n) is 1.26. The predicted molar refractivity (Wildman–Crippen MR) is 54.2 cm³/mol. The van der Waals surface area contributed by atoms with Crippen molar-refractivity contribution in [1.29, 1.82) is 0 Å². The lowest BCUT2D eigenvalue weighted by Gasteiger charge is -2.14. The molecule has 0 saturated heterocycles. The second-order valence-electron chi connectivity index (χ2n) is 3.76. The number of rotatable bonds is 5. The summed E-state index contributed by atoms with van der Waals surface area (Å²) in [5.74, 6) is -1.42. The average molecular weight is 244 g/mol. The molecule has 0 atom stereocenters. The zero-order valence-corrected chi connectivity index (χ0v) is 9.44. The number of nitrogens with zero attached hydrogens (tertiary/aromatic N) is 1. The third-order valence-corrected chi connectivity index (χ3v) is 2.08. The zero-order chi connectivity index (χ0) is 13.0. The Hall–Kier alpha value is -1.72. The Bertz CT molecular complexity index is 408. The fourth-order valence-corrected chi connectivity index (χ4v) is 1.26. The van der Waals surface area contributed by atoms with Crippen LogP contribution < -0.4 is 9.84 Å². The highest BCUT2D eigenvalue weighted by Crippen LogP contribution is 2.25. The van der Waals surface area contributed by atoms with E-state index < -0.39 is 19.0 Å². The number of aromatic carboxylic acids is 1. The summed E-state index contributed by atoms with van der Waals surface area (Å²) in [4.78, 5) is 14.4. The van der Waals surface area contributed by atoms with Crippen molar-refractivity contribution in [3.05, 3.63) is 23.4 Å². The van der Waals surface area contributed by atoms with E-state index >= 15 is 0 Å². The molecule has 0 spiro atoms. The molecule has 94 valence electrons. The summed E-state index contributed by atoms with van der Waals surface area (Å²) >= 11 is 0. The lowest BCUT2D eigenvalue weighted by atomic mass is 10.0. The number of hydrogen-bond acceptors (Lipinski definition) is 4. The van der Waals surface area contributed by atoms with Crippen LogP contribution in [0.25, 0.3) is 0 Å². The van der Waals surface area contributed by atoms with Gasteiger partial charge >= 0.3 is 0 Å². The van der Waals surface area contributed by atoms with Crippen molar-refractivity contribution in [2.75, 3.05) is 6.61 Å². The molecule has 17 heavy (non-hydrogen) atoms. The van der Waals surface area contributed by atoms with Gasteiger partial charge in [-0.3, -0.25) is 0 Å². The number of alkyl halides is 2. The van der Waals surface area contributed by atoms with Gasteiger partial charge in [-0.05, 0) is 12.0 Å². The summed E-state index contributed by atoms with van der Waals surface area (Å²) in [5, 5.41) is 10.6. The Morgan fingerprint density at radius 3 is 2.65 bits per heavy atom. The number of pyridine rings is 1. The number of carboxylic acid groups (broad SMARTS) is 1. The highest BCUT2D eigenvalue weighted by molar-refractivity contribution is 5.85. The van der Waals surface area contributed by atoms with Crippen molar-refractivity contribution in [2.24, 2.45) is 0 Å². The van der Waals surface area contributed by atoms with Crippen LogP contribution in [0.15, 0.2) is 12.3 Å². The van der Waals surface area contributed by atoms with Gasteiger partial charge in [0.1, 0.15) is 0 Å². The van der Waals surface area contributed by atoms with E-state index in [4.69, 9.17) is 4.74 Å². The lowest BCUT2D eigenvalue weighted by Crippen LogP contribution is -2.23. The molecular formula is C11H12F2NO3-. The van der Waals surface area contributed by atoms with E-state index in [1.54, 1.807) is 13.8 Å². The summed E-state index contributed by atoms with van der Waals surface area (Å²) < 4.78 is 28.8. The van der Waals surface area contributed by atoms with Crippen LogP contribution in [-0.2, 0) is 0 Å². The molecule has 4 nitrogen and oxygen atoms in total. The van der Waals surface area contributed by atoms with Crippen LogP contribution in [0.2, 0.25) is 0 Å². The van der Waals surface area contributed by atoms with Crippen LogP contribution in [0.1, 0.15) is 35.7 Å². The molecule has 0 saturated carbocycles. The Balaban J connectivity index is 3.00. The highest BCUT2D eigenvalue weighted by Gasteiger charge is 2.13. The molecule has 0 aliphatic heterocycles. The molecule has 0 unspecified atom stereocenters. The predicted octanol–water partition coefficient (Wildman–Crippen LogP) is 1.21. The van der Waals surface area contributed by atoms with E-state index in [0.717, 1.165) is 6.20 Å². The van der Waals surface area contributed by atoms with E-state index in [2.05, 4.69) is 4.98 Å². The maximum Gasteiger partial charge on any atom is 0.272 e. The number of carbonyl (C=O) groups is 1. The van der Waals surface area contributed by atoms with Crippen molar-refractivity contribution in [3.63, 3.8) is 0 Å². The van der Waals surface area contributed by atoms with E-state index in [9.17, 15) is 18.7 Å². The molecule has 1 aromatic heterocycles. The molecule has 6 heteroatoms. The molecule has 0 radical (unpaired) electrons. The Morgan fingerprint density at radius 1 is 1.53 bits per heavy atom.